The smallest absolute Gasteiger partial charge is 0.162 e. The first kappa shape index (κ1) is 24.8. The van der Waals surface area contributed by atoms with Crippen molar-refractivity contribution in [3.63, 3.8) is 0 Å². The number of carbonyl (C=O) groups is 2. The third-order valence-electron chi connectivity index (χ3n) is 7.71. The number of carbonyl (C=O) groups excluding carboxylic acids is 2. The van der Waals surface area contributed by atoms with Crippen LogP contribution in [0.2, 0.25) is 5.02 Å². The lowest BCUT2D eigenvalue weighted by Gasteiger charge is -2.49. The van der Waals surface area contributed by atoms with E-state index in [1.54, 1.807) is 13.2 Å². The summed E-state index contributed by atoms with van der Waals surface area (Å²) in [7, 11) is 1.62. The Hall–Kier alpha value is -2.85. The van der Waals surface area contributed by atoms with E-state index in [1.807, 2.05) is 30.3 Å². The molecule has 1 aliphatic heterocycles. The van der Waals surface area contributed by atoms with Crippen molar-refractivity contribution in [1.82, 2.24) is 4.90 Å². The van der Waals surface area contributed by atoms with E-state index in [0.717, 1.165) is 46.5 Å². The van der Waals surface area contributed by atoms with Crippen LogP contribution in [0.3, 0.4) is 0 Å². The molecule has 0 saturated heterocycles. The predicted octanol–water partition coefficient (Wildman–Crippen LogP) is 7.23. The van der Waals surface area contributed by atoms with Crippen LogP contribution < -0.4 is 4.74 Å². The van der Waals surface area contributed by atoms with Gasteiger partial charge in [-0.3, -0.25) is 9.59 Å². The predicted molar refractivity (Wildman–Crippen MR) is 143 cm³/mol. The maximum atomic E-state index is 13.9. The van der Waals surface area contributed by atoms with E-state index in [1.165, 1.54) is 0 Å². The van der Waals surface area contributed by atoms with Crippen molar-refractivity contribution in [2.24, 2.45) is 10.8 Å². The molecule has 0 radical (unpaired) electrons. The number of allylic oxidation sites excluding steroid dienone is 4. The van der Waals surface area contributed by atoms with Crippen molar-refractivity contribution < 1.29 is 14.3 Å². The lowest BCUT2D eigenvalue weighted by Crippen LogP contribution is -2.44. The summed E-state index contributed by atoms with van der Waals surface area (Å²) in [6, 6.07) is 15.8. The van der Waals surface area contributed by atoms with Gasteiger partial charge in [-0.1, -0.05) is 69.6 Å². The Bertz CT molecular complexity index is 1250. The van der Waals surface area contributed by atoms with Crippen molar-refractivity contribution in [1.29, 1.82) is 0 Å². The summed E-state index contributed by atoms with van der Waals surface area (Å²) in [6.45, 7) is 9.26. The van der Waals surface area contributed by atoms with Crippen LogP contribution in [0.15, 0.2) is 71.1 Å². The monoisotopic (exact) mass is 503 g/mol. The van der Waals surface area contributed by atoms with Crippen LogP contribution in [0.1, 0.15) is 70.4 Å². The van der Waals surface area contributed by atoms with Gasteiger partial charge < -0.3 is 9.64 Å². The van der Waals surface area contributed by atoms with Gasteiger partial charge in [0.2, 0.25) is 0 Å². The number of ether oxygens (including phenoxy) is 1. The molecular weight excluding hydrogens is 470 g/mol. The highest BCUT2D eigenvalue weighted by atomic mass is 35.5. The SMILES string of the molecule is COc1ccc(Cl)cc1C1C2=C(CC(C)(C)CC2=O)N(Cc2ccccc2)C2=C1C(=O)CC(C)(C)C2. The Morgan fingerprint density at radius 2 is 1.42 bits per heavy atom. The number of rotatable bonds is 4. The fraction of sp³-hybridized carbons (Fsp3) is 0.419. The maximum Gasteiger partial charge on any atom is 0.162 e. The second kappa shape index (κ2) is 8.92. The second-order valence-corrected chi connectivity index (χ2v) is 12.4. The van der Waals surface area contributed by atoms with Crippen molar-refractivity contribution in [3.8, 4) is 5.75 Å². The number of ketones is 2. The Balaban J connectivity index is 1.80. The molecule has 0 fully saturated rings. The minimum absolute atomic E-state index is 0.107. The zero-order chi connectivity index (χ0) is 25.8. The minimum Gasteiger partial charge on any atom is -0.496 e. The van der Waals surface area contributed by atoms with E-state index in [2.05, 4.69) is 44.7 Å². The van der Waals surface area contributed by atoms with Crippen LogP contribution in [-0.2, 0) is 16.1 Å². The van der Waals surface area contributed by atoms with E-state index in [0.29, 0.717) is 30.2 Å². The van der Waals surface area contributed by atoms with Gasteiger partial charge >= 0.3 is 0 Å². The molecule has 0 spiro atoms. The molecular formula is C31H34ClNO3. The lowest BCUT2D eigenvalue weighted by molar-refractivity contribution is -0.119. The normalized spacial score (nSPS) is 21.4. The number of Topliss-reactive ketones (excluding diaryl/α,β-unsaturated/α-hetero) is 2. The summed E-state index contributed by atoms with van der Waals surface area (Å²) in [5, 5.41) is 0.564. The minimum atomic E-state index is -0.470. The highest BCUT2D eigenvalue weighted by Gasteiger charge is 2.49. The third-order valence-corrected chi connectivity index (χ3v) is 7.94. The molecule has 0 atom stereocenters. The molecule has 5 heteroatoms. The fourth-order valence-corrected chi connectivity index (χ4v) is 6.43. The van der Waals surface area contributed by atoms with Crippen molar-refractivity contribution in [3.05, 3.63) is 87.2 Å². The zero-order valence-electron chi connectivity index (χ0n) is 21.8. The Labute approximate surface area is 219 Å². The summed E-state index contributed by atoms with van der Waals surface area (Å²) < 4.78 is 5.75. The van der Waals surface area contributed by atoms with Crippen LogP contribution in [0.4, 0.5) is 0 Å². The van der Waals surface area contributed by atoms with Gasteiger partial charge in [0.25, 0.3) is 0 Å². The highest BCUT2D eigenvalue weighted by molar-refractivity contribution is 6.30. The molecule has 4 nitrogen and oxygen atoms in total. The molecule has 2 aromatic rings. The van der Waals surface area contributed by atoms with E-state index in [9.17, 15) is 9.59 Å². The average Bonchev–Trinajstić information content (AvgIpc) is 2.79. The molecule has 0 bridgehead atoms. The molecule has 5 rings (SSSR count). The van der Waals surface area contributed by atoms with Crippen molar-refractivity contribution in [2.75, 3.05) is 7.11 Å². The van der Waals surface area contributed by atoms with Crippen LogP contribution >= 0.6 is 11.6 Å². The number of hydrogen-bond donors (Lipinski definition) is 0. The molecule has 2 aliphatic carbocycles. The van der Waals surface area contributed by atoms with Crippen LogP contribution in [-0.4, -0.2) is 23.6 Å². The number of halogens is 1. The van der Waals surface area contributed by atoms with Gasteiger partial charge in [-0.2, -0.15) is 0 Å². The summed E-state index contributed by atoms with van der Waals surface area (Å²) in [5.41, 5.74) is 5.16. The zero-order valence-corrected chi connectivity index (χ0v) is 22.5. The standard InChI is InChI=1S/C31H34ClNO3/c1-30(2)14-22-28(24(34)16-30)27(21-13-20(32)11-12-26(21)36-5)29-23(15-31(3,4)17-25(29)35)33(22)18-19-9-7-6-8-10-19/h6-13,27H,14-18H2,1-5H3. The van der Waals surface area contributed by atoms with E-state index >= 15 is 0 Å². The molecule has 36 heavy (non-hydrogen) atoms. The molecule has 0 saturated carbocycles. The van der Waals surface area contributed by atoms with Gasteiger partial charge in [-0.25, -0.2) is 0 Å². The molecule has 3 aliphatic rings. The highest BCUT2D eigenvalue weighted by Crippen LogP contribution is 2.56. The van der Waals surface area contributed by atoms with E-state index < -0.39 is 5.92 Å². The Kier molecular flexibility index (Phi) is 6.15. The molecule has 0 amide bonds. The molecule has 2 aromatic carbocycles. The average molecular weight is 504 g/mol. The number of nitrogens with zero attached hydrogens (tertiary/aromatic N) is 1. The summed E-state index contributed by atoms with van der Waals surface area (Å²) in [6.07, 6.45) is 2.44. The first-order valence-corrected chi connectivity index (χ1v) is 13.0. The van der Waals surface area contributed by atoms with Crippen molar-refractivity contribution >= 4 is 23.2 Å². The van der Waals surface area contributed by atoms with Crippen LogP contribution in [0, 0.1) is 10.8 Å². The molecule has 1 heterocycles. The third kappa shape index (κ3) is 4.41. The van der Waals surface area contributed by atoms with Crippen molar-refractivity contribution in [2.45, 2.75) is 65.8 Å². The molecule has 0 unspecified atom stereocenters. The van der Waals surface area contributed by atoms with Gasteiger partial charge in [-0.15, -0.1) is 0 Å². The quantitative estimate of drug-likeness (QED) is 0.441. The van der Waals surface area contributed by atoms with Gasteiger partial charge in [-0.05, 0) is 47.4 Å². The van der Waals surface area contributed by atoms with Crippen LogP contribution in [0.25, 0.3) is 0 Å². The van der Waals surface area contributed by atoms with Gasteiger partial charge in [0.05, 0.1) is 7.11 Å². The topological polar surface area (TPSA) is 46.6 Å². The molecule has 0 N–H and O–H groups in total. The summed E-state index contributed by atoms with van der Waals surface area (Å²) in [5.74, 6) is 0.392. The first-order chi connectivity index (χ1) is 17.0. The maximum absolute atomic E-state index is 13.9. The summed E-state index contributed by atoms with van der Waals surface area (Å²) in [4.78, 5) is 30.2. The van der Waals surface area contributed by atoms with Gasteiger partial charge in [0.15, 0.2) is 11.6 Å². The number of benzene rings is 2. The second-order valence-electron chi connectivity index (χ2n) is 12.0. The number of methoxy groups -OCH3 is 1. The lowest BCUT2D eigenvalue weighted by atomic mass is 9.63. The fourth-order valence-electron chi connectivity index (χ4n) is 6.25. The van der Waals surface area contributed by atoms with Crippen LogP contribution in [0.5, 0.6) is 5.75 Å². The number of hydrogen-bond acceptors (Lipinski definition) is 4. The summed E-state index contributed by atoms with van der Waals surface area (Å²) >= 11 is 6.47. The van der Waals surface area contributed by atoms with Gasteiger partial charge in [0, 0.05) is 58.4 Å². The Morgan fingerprint density at radius 3 is 1.94 bits per heavy atom. The Morgan fingerprint density at radius 1 is 0.861 bits per heavy atom. The largest absolute Gasteiger partial charge is 0.496 e. The van der Waals surface area contributed by atoms with Gasteiger partial charge in [0.1, 0.15) is 5.75 Å². The molecule has 0 aromatic heterocycles. The molecule has 188 valence electrons. The first-order valence-electron chi connectivity index (χ1n) is 12.7. The van der Waals surface area contributed by atoms with E-state index in [4.69, 9.17) is 16.3 Å². The van der Waals surface area contributed by atoms with E-state index in [-0.39, 0.29) is 22.4 Å².